The van der Waals surface area contributed by atoms with Crippen molar-refractivity contribution in [1.82, 2.24) is 14.5 Å². The van der Waals surface area contributed by atoms with Gasteiger partial charge in [-0.25, -0.2) is 4.98 Å². The third-order valence-electron chi connectivity index (χ3n) is 3.46. The Balaban J connectivity index is 2.11. The van der Waals surface area contributed by atoms with Gasteiger partial charge in [-0.2, -0.15) is 4.98 Å². The maximum atomic E-state index is 12.1. The fourth-order valence-corrected chi connectivity index (χ4v) is 3.57. The van der Waals surface area contributed by atoms with Crippen molar-refractivity contribution in [1.29, 1.82) is 0 Å². The van der Waals surface area contributed by atoms with Crippen LogP contribution in [0.3, 0.4) is 0 Å². The van der Waals surface area contributed by atoms with E-state index >= 15 is 0 Å². The van der Waals surface area contributed by atoms with Gasteiger partial charge in [0, 0.05) is 6.54 Å². The molecule has 6 nitrogen and oxygen atoms in total. The number of halogens is 2. The summed E-state index contributed by atoms with van der Waals surface area (Å²) in [5, 5.41) is 13.4. The second-order valence-corrected chi connectivity index (χ2v) is 6.87. The molecule has 0 saturated carbocycles. The first-order chi connectivity index (χ1) is 11.5. The maximum absolute atomic E-state index is 12.1. The first-order valence-electron chi connectivity index (χ1n) is 7.17. The molecule has 24 heavy (non-hydrogen) atoms. The Morgan fingerprint density at radius 3 is 2.88 bits per heavy atom. The average molecular weight is 385 g/mol. The van der Waals surface area contributed by atoms with E-state index < -0.39 is 0 Å². The van der Waals surface area contributed by atoms with Crippen LogP contribution in [0.15, 0.2) is 23.0 Å². The van der Waals surface area contributed by atoms with Crippen LogP contribution in [0, 0.1) is 6.92 Å². The molecule has 3 aromatic rings. The van der Waals surface area contributed by atoms with E-state index in [2.05, 4.69) is 15.3 Å². The third-order valence-corrected chi connectivity index (χ3v) is 5.31. The molecule has 0 aliphatic rings. The zero-order valence-electron chi connectivity index (χ0n) is 12.7. The van der Waals surface area contributed by atoms with Gasteiger partial charge in [-0.05, 0) is 18.6 Å². The second kappa shape index (κ2) is 7.06. The van der Waals surface area contributed by atoms with Crippen LogP contribution in [0.1, 0.15) is 11.4 Å². The minimum absolute atomic E-state index is 0.0183. The molecule has 3 rings (SSSR count). The SMILES string of the molecule is Cc1nc(=O)c2sc(NCCO)nc2n1Cc1cccc(Cl)c1Cl. The molecule has 0 atom stereocenters. The number of hydrogen-bond donors (Lipinski definition) is 2. The van der Waals surface area contributed by atoms with Crippen molar-refractivity contribution >= 4 is 50.0 Å². The summed E-state index contributed by atoms with van der Waals surface area (Å²) in [7, 11) is 0. The molecule has 0 unspecified atom stereocenters. The molecule has 9 heteroatoms. The number of hydrogen-bond acceptors (Lipinski definition) is 6. The van der Waals surface area contributed by atoms with E-state index in [1.54, 1.807) is 13.0 Å². The smallest absolute Gasteiger partial charge is 0.292 e. The van der Waals surface area contributed by atoms with E-state index in [1.165, 1.54) is 11.3 Å². The summed E-state index contributed by atoms with van der Waals surface area (Å²) >= 11 is 13.6. The highest BCUT2D eigenvalue weighted by atomic mass is 35.5. The first-order valence-corrected chi connectivity index (χ1v) is 8.74. The number of nitrogens with zero attached hydrogens (tertiary/aromatic N) is 3. The van der Waals surface area contributed by atoms with Gasteiger partial charge in [0.15, 0.2) is 10.8 Å². The lowest BCUT2D eigenvalue weighted by Crippen LogP contribution is -2.16. The van der Waals surface area contributed by atoms with Crippen LogP contribution in [-0.4, -0.2) is 32.8 Å². The van der Waals surface area contributed by atoms with Gasteiger partial charge in [0.05, 0.1) is 23.2 Å². The highest BCUT2D eigenvalue weighted by Gasteiger charge is 2.15. The topological polar surface area (TPSA) is 80.0 Å². The number of aliphatic hydroxyl groups is 1. The lowest BCUT2D eigenvalue weighted by atomic mass is 10.2. The molecule has 126 valence electrons. The number of rotatable bonds is 5. The molecule has 0 fully saturated rings. The molecule has 0 spiro atoms. The van der Waals surface area contributed by atoms with E-state index in [1.807, 2.05) is 16.7 Å². The number of aliphatic hydroxyl groups excluding tert-OH is 1. The zero-order valence-corrected chi connectivity index (χ0v) is 15.0. The zero-order chi connectivity index (χ0) is 17.3. The Bertz CT molecular complexity index is 955. The fraction of sp³-hybridized carbons (Fsp3) is 0.267. The van der Waals surface area contributed by atoms with Crippen molar-refractivity contribution < 1.29 is 5.11 Å². The van der Waals surface area contributed by atoms with Gasteiger partial charge in [0.2, 0.25) is 0 Å². The van der Waals surface area contributed by atoms with Crippen molar-refractivity contribution in [2.75, 3.05) is 18.5 Å². The Morgan fingerprint density at radius 1 is 1.33 bits per heavy atom. The van der Waals surface area contributed by atoms with Gasteiger partial charge >= 0.3 is 0 Å². The number of anilines is 1. The summed E-state index contributed by atoms with van der Waals surface area (Å²) in [6.07, 6.45) is 0. The number of aromatic nitrogens is 3. The monoisotopic (exact) mass is 384 g/mol. The van der Waals surface area contributed by atoms with Crippen LogP contribution in [0.4, 0.5) is 5.13 Å². The Morgan fingerprint density at radius 2 is 2.12 bits per heavy atom. The predicted octanol–water partition coefficient (Wildman–Crippen LogP) is 2.92. The van der Waals surface area contributed by atoms with E-state index in [9.17, 15) is 4.79 Å². The number of thiazole rings is 1. The molecule has 0 bridgehead atoms. The summed E-state index contributed by atoms with van der Waals surface area (Å²) in [6.45, 7) is 2.49. The van der Waals surface area contributed by atoms with Gasteiger partial charge in [0.1, 0.15) is 10.5 Å². The number of aryl methyl sites for hydroxylation is 1. The van der Waals surface area contributed by atoms with Gasteiger partial charge in [0.25, 0.3) is 5.56 Å². The molecule has 0 aliphatic heterocycles. The normalized spacial score (nSPS) is 11.2. The van der Waals surface area contributed by atoms with Crippen molar-refractivity contribution in [3.63, 3.8) is 0 Å². The highest BCUT2D eigenvalue weighted by Crippen LogP contribution is 2.28. The number of fused-ring (bicyclic) bond motifs is 1. The molecule has 0 amide bonds. The molecular formula is C15H14Cl2N4O2S. The minimum Gasteiger partial charge on any atom is -0.395 e. The standard InChI is InChI=1S/C15H14Cl2N4O2S/c1-8-19-14(23)12-13(20-15(24-12)18-5-6-22)21(8)7-9-3-2-4-10(16)11(9)17/h2-4,22H,5-7H2,1H3,(H,18,20). The van der Waals surface area contributed by atoms with Crippen molar-refractivity contribution in [3.8, 4) is 0 Å². The van der Waals surface area contributed by atoms with Crippen LogP contribution in [0.5, 0.6) is 0 Å². The van der Waals surface area contributed by atoms with Crippen LogP contribution in [-0.2, 0) is 6.54 Å². The largest absolute Gasteiger partial charge is 0.395 e. The highest BCUT2D eigenvalue weighted by molar-refractivity contribution is 7.22. The Labute approximate surface area is 151 Å². The summed E-state index contributed by atoms with van der Waals surface area (Å²) in [5.41, 5.74) is 1.04. The minimum atomic E-state index is -0.314. The molecule has 2 heterocycles. The molecule has 1 aromatic carbocycles. The van der Waals surface area contributed by atoms with E-state index in [-0.39, 0.29) is 12.2 Å². The molecule has 2 aromatic heterocycles. The molecule has 2 N–H and O–H groups in total. The van der Waals surface area contributed by atoms with Crippen LogP contribution < -0.4 is 10.9 Å². The van der Waals surface area contributed by atoms with Crippen LogP contribution >= 0.6 is 34.5 Å². The lowest BCUT2D eigenvalue weighted by Gasteiger charge is -2.12. The molecular weight excluding hydrogens is 371 g/mol. The van der Waals surface area contributed by atoms with Crippen molar-refractivity contribution in [2.45, 2.75) is 13.5 Å². The first kappa shape index (κ1) is 17.2. The van der Waals surface area contributed by atoms with Crippen LogP contribution in [0.2, 0.25) is 10.0 Å². The van der Waals surface area contributed by atoms with E-state index in [4.69, 9.17) is 28.3 Å². The van der Waals surface area contributed by atoms with Crippen molar-refractivity contribution in [3.05, 3.63) is 50.0 Å². The van der Waals surface area contributed by atoms with E-state index in [0.717, 1.165) is 5.56 Å². The predicted molar refractivity (Wildman–Crippen MR) is 97.6 cm³/mol. The van der Waals surface area contributed by atoms with Gasteiger partial charge in [-0.15, -0.1) is 0 Å². The van der Waals surface area contributed by atoms with Crippen molar-refractivity contribution in [2.24, 2.45) is 0 Å². The number of nitrogens with one attached hydrogen (secondary N) is 1. The summed E-state index contributed by atoms with van der Waals surface area (Å²) in [6, 6.07) is 5.41. The lowest BCUT2D eigenvalue weighted by molar-refractivity contribution is 0.311. The quantitative estimate of drug-likeness (QED) is 0.706. The summed E-state index contributed by atoms with van der Waals surface area (Å²) in [5.74, 6) is 0.544. The average Bonchev–Trinajstić information content (AvgIpc) is 2.98. The number of benzene rings is 1. The molecule has 0 saturated heterocycles. The Kier molecular flexibility index (Phi) is 5.05. The Hall–Kier alpha value is -1.67. The van der Waals surface area contributed by atoms with Crippen LogP contribution in [0.25, 0.3) is 10.3 Å². The van der Waals surface area contributed by atoms with Gasteiger partial charge < -0.3 is 15.0 Å². The second-order valence-electron chi connectivity index (χ2n) is 5.09. The third kappa shape index (κ3) is 3.25. The fourth-order valence-electron chi connectivity index (χ4n) is 2.31. The maximum Gasteiger partial charge on any atom is 0.292 e. The summed E-state index contributed by atoms with van der Waals surface area (Å²) < 4.78 is 2.29. The molecule has 0 aliphatic carbocycles. The van der Waals surface area contributed by atoms with E-state index in [0.29, 0.717) is 44.4 Å². The summed E-state index contributed by atoms with van der Waals surface area (Å²) in [4.78, 5) is 20.7. The van der Waals surface area contributed by atoms with Gasteiger partial charge in [-0.3, -0.25) is 4.79 Å². The van der Waals surface area contributed by atoms with Gasteiger partial charge in [-0.1, -0.05) is 46.7 Å². The molecule has 0 radical (unpaired) electrons.